The summed E-state index contributed by atoms with van der Waals surface area (Å²) >= 11 is 12.2. The van der Waals surface area contributed by atoms with Gasteiger partial charge in [-0.3, -0.25) is 4.79 Å². The Hall–Kier alpha value is -1.95. The van der Waals surface area contributed by atoms with Crippen LogP contribution in [0, 0.1) is 0 Å². The number of carbonyl (C=O) groups is 1. The first kappa shape index (κ1) is 19.4. The molecule has 0 bridgehead atoms. The second kappa shape index (κ2) is 8.43. The van der Waals surface area contributed by atoms with Crippen molar-refractivity contribution in [2.75, 3.05) is 27.8 Å². The van der Waals surface area contributed by atoms with E-state index in [4.69, 9.17) is 32.7 Å². The summed E-state index contributed by atoms with van der Waals surface area (Å²) in [7, 11) is 4.56. The highest BCUT2D eigenvalue weighted by molar-refractivity contribution is 6.37. The number of amides is 1. The van der Waals surface area contributed by atoms with Gasteiger partial charge in [-0.05, 0) is 29.8 Å². The molecule has 2 aromatic carbocycles. The minimum atomic E-state index is -0.858. The van der Waals surface area contributed by atoms with Crippen LogP contribution in [0.3, 0.4) is 0 Å². The number of carbonyl (C=O) groups excluding carboxylic acids is 1. The highest BCUT2D eigenvalue weighted by atomic mass is 35.5. The lowest BCUT2D eigenvalue weighted by molar-refractivity contribution is 0.0678. The van der Waals surface area contributed by atoms with Crippen LogP contribution in [0.5, 0.6) is 11.5 Å². The standard InChI is InChI=1S/C18H19Cl2NO4/c1-21(10-15(22)11-4-6-12(24-2)7-5-11)18(23)16-13(19)8-9-14(20)17(16)25-3/h4-9,15,22H,10H2,1-3H3. The summed E-state index contributed by atoms with van der Waals surface area (Å²) in [5.41, 5.74) is 0.839. The molecule has 1 N–H and O–H groups in total. The van der Waals surface area contributed by atoms with Gasteiger partial charge in [0.2, 0.25) is 0 Å². The van der Waals surface area contributed by atoms with Crippen molar-refractivity contribution in [3.05, 3.63) is 57.6 Å². The Morgan fingerprint density at radius 3 is 2.24 bits per heavy atom. The van der Waals surface area contributed by atoms with Gasteiger partial charge in [0.1, 0.15) is 11.3 Å². The highest BCUT2D eigenvalue weighted by Gasteiger charge is 2.24. The van der Waals surface area contributed by atoms with Crippen LogP contribution in [-0.2, 0) is 0 Å². The number of nitrogens with zero attached hydrogens (tertiary/aromatic N) is 1. The molecule has 0 fully saturated rings. The third-order valence-electron chi connectivity index (χ3n) is 3.77. The molecule has 0 aliphatic rings. The number of aliphatic hydroxyl groups is 1. The Kier molecular flexibility index (Phi) is 6.53. The molecule has 1 atom stereocenters. The van der Waals surface area contributed by atoms with Crippen molar-refractivity contribution >= 4 is 29.1 Å². The van der Waals surface area contributed by atoms with Gasteiger partial charge in [0.15, 0.2) is 5.75 Å². The van der Waals surface area contributed by atoms with E-state index >= 15 is 0 Å². The number of hydrogen-bond acceptors (Lipinski definition) is 4. The third kappa shape index (κ3) is 4.37. The highest BCUT2D eigenvalue weighted by Crippen LogP contribution is 2.34. The average Bonchev–Trinajstić information content (AvgIpc) is 2.62. The quantitative estimate of drug-likeness (QED) is 0.823. The average molecular weight is 384 g/mol. The maximum Gasteiger partial charge on any atom is 0.259 e. The van der Waals surface area contributed by atoms with Gasteiger partial charge in [-0.1, -0.05) is 35.3 Å². The Morgan fingerprint density at radius 2 is 1.68 bits per heavy atom. The zero-order valence-corrected chi connectivity index (χ0v) is 15.6. The molecule has 25 heavy (non-hydrogen) atoms. The number of benzene rings is 2. The van der Waals surface area contributed by atoms with Crippen molar-refractivity contribution in [3.63, 3.8) is 0 Å². The SMILES string of the molecule is COc1ccc(C(O)CN(C)C(=O)c2c(Cl)ccc(Cl)c2OC)cc1. The van der Waals surface area contributed by atoms with Gasteiger partial charge in [0.25, 0.3) is 5.91 Å². The van der Waals surface area contributed by atoms with Crippen LogP contribution >= 0.6 is 23.2 Å². The van der Waals surface area contributed by atoms with E-state index in [0.29, 0.717) is 16.3 Å². The van der Waals surface area contributed by atoms with E-state index in [1.165, 1.54) is 18.1 Å². The molecule has 0 radical (unpaired) electrons. The molecular weight excluding hydrogens is 365 g/mol. The van der Waals surface area contributed by atoms with Crippen molar-refractivity contribution < 1.29 is 19.4 Å². The fourth-order valence-corrected chi connectivity index (χ4v) is 2.86. The van der Waals surface area contributed by atoms with E-state index in [9.17, 15) is 9.90 Å². The molecule has 0 aromatic heterocycles. The molecular formula is C18H19Cl2NO4. The van der Waals surface area contributed by atoms with Gasteiger partial charge < -0.3 is 19.5 Å². The largest absolute Gasteiger partial charge is 0.497 e. The number of halogens is 2. The van der Waals surface area contributed by atoms with E-state index in [1.54, 1.807) is 44.5 Å². The first-order chi connectivity index (χ1) is 11.9. The fourth-order valence-electron chi connectivity index (χ4n) is 2.40. The molecule has 0 spiro atoms. The van der Waals surface area contributed by atoms with Crippen LogP contribution in [0.4, 0.5) is 0 Å². The molecule has 1 amide bonds. The summed E-state index contributed by atoms with van der Waals surface area (Å²) < 4.78 is 10.3. The van der Waals surface area contributed by atoms with Crippen molar-refractivity contribution in [1.29, 1.82) is 0 Å². The smallest absolute Gasteiger partial charge is 0.259 e. The number of aliphatic hydroxyl groups excluding tert-OH is 1. The predicted octanol–water partition coefficient (Wildman–Crippen LogP) is 3.82. The summed E-state index contributed by atoms with van der Waals surface area (Å²) in [5, 5.41) is 10.9. The summed E-state index contributed by atoms with van der Waals surface area (Å²) in [4.78, 5) is 14.1. The van der Waals surface area contributed by atoms with Gasteiger partial charge in [0, 0.05) is 7.05 Å². The van der Waals surface area contributed by atoms with Crippen LogP contribution in [0.1, 0.15) is 22.0 Å². The molecule has 7 heteroatoms. The minimum absolute atomic E-state index is 0.0805. The Bertz CT molecular complexity index is 749. The van der Waals surface area contributed by atoms with Gasteiger partial charge in [0.05, 0.1) is 36.9 Å². The first-order valence-corrected chi connectivity index (χ1v) is 8.24. The van der Waals surface area contributed by atoms with E-state index in [2.05, 4.69) is 0 Å². The molecule has 2 rings (SSSR count). The van der Waals surface area contributed by atoms with Crippen LogP contribution in [0.15, 0.2) is 36.4 Å². The normalized spacial score (nSPS) is 11.8. The lowest BCUT2D eigenvalue weighted by Crippen LogP contribution is -2.31. The molecule has 2 aromatic rings. The van der Waals surface area contributed by atoms with Gasteiger partial charge >= 0.3 is 0 Å². The maximum absolute atomic E-state index is 12.7. The van der Waals surface area contributed by atoms with Crippen molar-refractivity contribution in [1.82, 2.24) is 4.90 Å². The van der Waals surface area contributed by atoms with Crippen LogP contribution < -0.4 is 9.47 Å². The monoisotopic (exact) mass is 383 g/mol. The van der Waals surface area contributed by atoms with E-state index < -0.39 is 12.0 Å². The second-order valence-corrected chi connectivity index (χ2v) is 6.23. The van der Waals surface area contributed by atoms with Crippen molar-refractivity contribution in [2.45, 2.75) is 6.10 Å². The topological polar surface area (TPSA) is 59.0 Å². The van der Waals surface area contributed by atoms with E-state index in [1.807, 2.05) is 0 Å². The van der Waals surface area contributed by atoms with Crippen molar-refractivity contribution in [3.8, 4) is 11.5 Å². The van der Waals surface area contributed by atoms with Crippen LogP contribution in [-0.4, -0.2) is 43.7 Å². The molecule has 0 aliphatic heterocycles. The predicted molar refractivity (Wildman–Crippen MR) is 97.9 cm³/mol. The molecule has 0 aliphatic carbocycles. The molecule has 0 saturated heterocycles. The third-order valence-corrected chi connectivity index (χ3v) is 4.38. The fraction of sp³-hybridized carbons (Fsp3) is 0.278. The molecule has 0 heterocycles. The number of ether oxygens (including phenoxy) is 2. The minimum Gasteiger partial charge on any atom is -0.497 e. The molecule has 0 saturated carbocycles. The zero-order valence-electron chi connectivity index (χ0n) is 14.1. The van der Waals surface area contributed by atoms with Gasteiger partial charge in [-0.2, -0.15) is 0 Å². The van der Waals surface area contributed by atoms with Crippen LogP contribution in [0.25, 0.3) is 0 Å². The van der Waals surface area contributed by atoms with Gasteiger partial charge in [-0.15, -0.1) is 0 Å². The Morgan fingerprint density at radius 1 is 1.08 bits per heavy atom. The molecule has 1 unspecified atom stereocenters. The zero-order chi connectivity index (χ0) is 18.6. The number of likely N-dealkylation sites (N-methyl/N-ethyl adjacent to an activating group) is 1. The van der Waals surface area contributed by atoms with Crippen LogP contribution in [0.2, 0.25) is 10.0 Å². The van der Waals surface area contributed by atoms with Gasteiger partial charge in [-0.25, -0.2) is 0 Å². The molecule has 5 nitrogen and oxygen atoms in total. The molecule has 134 valence electrons. The summed E-state index contributed by atoms with van der Waals surface area (Å²) in [6, 6.07) is 10.1. The summed E-state index contributed by atoms with van der Waals surface area (Å²) in [5.74, 6) is 0.512. The number of rotatable bonds is 6. The lowest BCUT2D eigenvalue weighted by atomic mass is 10.1. The number of methoxy groups -OCH3 is 2. The summed E-state index contributed by atoms with van der Waals surface area (Å²) in [6.45, 7) is 0.0805. The Labute approximate surface area is 156 Å². The van der Waals surface area contributed by atoms with E-state index in [-0.39, 0.29) is 22.9 Å². The number of hydrogen-bond donors (Lipinski definition) is 1. The van der Waals surface area contributed by atoms with E-state index in [0.717, 1.165) is 0 Å². The first-order valence-electron chi connectivity index (χ1n) is 7.48. The lowest BCUT2D eigenvalue weighted by Gasteiger charge is -2.23. The second-order valence-electron chi connectivity index (χ2n) is 5.41. The maximum atomic E-state index is 12.7. The van der Waals surface area contributed by atoms with Crippen molar-refractivity contribution in [2.24, 2.45) is 0 Å². The summed E-state index contributed by atoms with van der Waals surface area (Å²) in [6.07, 6.45) is -0.858. The Balaban J connectivity index is 2.18.